The van der Waals surface area contributed by atoms with Crippen LogP contribution in [0.5, 0.6) is 34.5 Å². The van der Waals surface area contributed by atoms with Crippen LogP contribution in [-0.2, 0) is 4.57 Å². The van der Waals surface area contributed by atoms with E-state index in [0.29, 0.717) is 22.8 Å². The standard InChI is InChI=1S/C18H21O9P.2Na.H/c1-23-13-8-7-12(17(16(13)19)27-28(20,21)22)6-5-11-9-14(24-2)18(26-4)15(10-11)25-3;;;/h5-10,19H,1-4H3,(H2,20,21,22);;;/q;2*+1;-1/p-2/b6-5-;;;. The molecule has 9 nitrogen and oxygen atoms in total. The third kappa shape index (κ3) is 7.37. The van der Waals surface area contributed by atoms with E-state index in [1.54, 1.807) is 18.2 Å². The van der Waals surface area contributed by atoms with Crippen LogP contribution in [-0.4, -0.2) is 33.5 Å². The fourth-order valence-electron chi connectivity index (χ4n) is 2.46. The molecule has 0 amide bonds. The van der Waals surface area contributed by atoms with E-state index in [1.807, 2.05) is 0 Å². The summed E-state index contributed by atoms with van der Waals surface area (Å²) in [6.07, 6.45) is 3.03. The van der Waals surface area contributed by atoms with Gasteiger partial charge in [-0.15, -0.1) is 0 Å². The Morgan fingerprint density at radius 3 is 1.83 bits per heavy atom. The molecular weight excluding hydrogens is 437 g/mol. The molecule has 30 heavy (non-hydrogen) atoms. The maximum absolute atomic E-state index is 11.0. The average molecular weight is 457 g/mol. The first kappa shape index (κ1) is 29.1. The van der Waals surface area contributed by atoms with Crippen molar-refractivity contribution < 1.29 is 103 Å². The molecule has 2 rings (SSSR count). The fraction of sp³-hybridized carbons (Fsp3) is 0.222. The summed E-state index contributed by atoms with van der Waals surface area (Å²) >= 11 is 0. The number of methoxy groups -OCH3 is 4. The van der Waals surface area contributed by atoms with Crippen molar-refractivity contribution in [2.45, 2.75) is 0 Å². The van der Waals surface area contributed by atoms with E-state index in [4.69, 9.17) is 18.9 Å². The van der Waals surface area contributed by atoms with Crippen molar-refractivity contribution in [2.24, 2.45) is 0 Å². The molecule has 0 aliphatic carbocycles. The van der Waals surface area contributed by atoms with Gasteiger partial charge in [-0.2, -0.15) is 0 Å². The first-order valence-electron chi connectivity index (χ1n) is 7.83. The van der Waals surface area contributed by atoms with Gasteiger partial charge in [-0.25, -0.2) is 0 Å². The average Bonchev–Trinajstić information content (AvgIpc) is 2.66. The molecule has 0 atom stereocenters. The van der Waals surface area contributed by atoms with E-state index in [1.165, 1.54) is 46.6 Å². The van der Waals surface area contributed by atoms with Crippen molar-refractivity contribution in [3.63, 3.8) is 0 Å². The molecule has 0 aromatic heterocycles. The molecule has 0 fully saturated rings. The Kier molecular flexibility index (Phi) is 12.5. The SMILES string of the molecule is COc1ccc(/C=C\c2cc(OC)c(OC)c(OC)c2)c(OP(=O)([O-])[O-])c1O.[H-].[Na+].[Na+]. The van der Waals surface area contributed by atoms with Crippen LogP contribution in [0.1, 0.15) is 12.6 Å². The van der Waals surface area contributed by atoms with Crippen molar-refractivity contribution in [1.82, 2.24) is 0 Å². The summed E-state index contributed by atoms with van der Waals surface area (Å²) in [7, 11) is 0.283. The first-order chi connectivity index (χ1) is 13.2. The Balaban J connectivity index is 0. The summed E-state index contributed by atoms with van der Waals surface area (Å²) in [6.45, 7) is 0. The summed E-state index contributed by atoms with van der Waals surface area (Å²) in [6, 6.07) is 6.15. The monoisotopic (exact) mass is 457 g/mol. The number of ether oxygens (including phenoxy) is 4. The number of aromatic hydroxyl groups is 1. The number of rotatable bonds is 8. The van der Waals surface area contributed by atoms with Crippen molar-refractivity contribution >= 4 is 20.0 Å². The van der Waals surface area contributed by atoms with Crippen molar-refractivity contribution in [2.75, 3.05) is 28.4 Å². The van der Waals surface area contributed by atoms with Gasteiger partial charge >= 0.3 is 59.1 Å². The van der Waals surface area contributed by atoms with Crippen molar-refractivity contribution in [3.05, 3.63) is 35.4 Å². The number of hydrogen-bond acceptors (Lipinski definition) is 9. The topological polar surface area (TPSA) is 130 Å². The fourth-order valence-corrected chi connectivity index (χ4v) is 2.87. The molecular formula is C18H20Na2O9P-. The number of benzene rings is 2. The smallest absolute Gasteiger partial charge is 1.00 e. The summed E-state index contributed by atoms with van der Waals surface area (Å²) in [5.74, 6) is 0.0523. The Morgan fingerprint density at radius 2 is 1.40 bits per heavy atom. The van der Waals surface area contributed by atoms with Crippen molar-refractivity contribution in [3.8, 4) is 34.5 Å². The third-order valence-electron chi connectivity index (χ3n) is 3.69. The Morgan fingerprint density at radius 1 is 0.867 bits per heavy atom. The molecule has 1 N–H and O–H groups in total. The van der Waals surface area contributed by atoms with Crippen LogP contribution in [0.25, 0.3) is 12.2 Å². The van der Waals surface area contributed by atoms with Gasteiger partial charge in [0.15, 0.2) is 23.0 Å². The predicted molar refractivity (Wildman–Crippen MR) is 99.0 cm³/mol. The molecule has 154 valence electrons. The third-order valence-corrected chi connectivity index (χ3v) is 4.10. The zero-order chi connectivity index (χ0) is 20.9. The maximum Gasteiger partial charge on any atom is 1.00 e. The maximum atomic E-state index is 11.0. The number of hydrogen-bond donors (Lipinski definition) is 1. The first-order valence-corrected chi connectivity index (χ1v) is 9.29. The minimum atomic E-state index is -5.41. The van der Waals surface area contributed by atoms with Gasteiger partial charge < -0.3 is 44.4 Å². The van der Waals surface area contributed by atoms with Gasteiger partial charge in [0.05, 0.1) is 28.4 Å². The molecule has 0 spiro atoms. The second-order valence-corrected chi connectivity index (χ2v) is 6.44. The van der Waals surface area contributed by atoms with E-state index < -0.39 is 19.3 Å². The number of phosphoric acid groups is 1. The minimum absolute atomic E-state index is 0. The Hall–Kier alpha value is -0.870. The van der Waals surface area contributed by atoms with E-state index in [-0.39, 0.29) is 71.9 Å². The largest absolute Gasteiger partial charge is 1.00 e. The van der Waals surface area contributed by atoms with Gasteiger partial charge in [0, 0.05) is 5.56 Å². The van der Waals surface area contributed by atoms with Crippen LogP contribution in [0.2, 0.25) is 0 Å². The van der Waals surface area contributed by atoms with E-state index in [9.17, 15) is 19.5 Å². The van der Waals surface area contributed by atoms with Crippen LogP contribution in [0.3, 0.4) is 0 Å². The molecule has 0 heterocycles. The van der Waals surface area contributed by atoms with Crippen molar-refractivity contribution in [1.29, 1.82) is 0 Å². The summed E-state index contributed by atoms with van der Waals surface area (Å²) < 4.78 is 36.2. The van der Waals surface area contributed by atoms with Gasteiger partial charge in [-0.05, 0) is 29.8 Å². The quantitative estimate of drug-likeness (QED) is 0.239. The summed E-state index contributed by atoms with van der Waals surface area (Å²) in [5, 5.41) is 10.1. The van der Waals surface area contributed by atoms with Crippen LogP contribution in [0, 0.1) is 0 Å². The molecule has 0 bridgehead atoms. The molecule has 12 heteroatoms. The number of phenolic OH excluding ortho intramolecular Hbond substituents is 1. The van der Waals surface area contributed by atoms with E-state index in [0.717, 1.165) is 0 Å². The van der Waals surface area contributed by atoms with Gasteiger partial charge in [0.2, 0.25) is 11.5 Å². The molecule has 0 aliphatic heterocycles. The molecule has 0 saturated carbocycles. The summed E-state index contributed by atoms with van der Waals surface area (Å²) in [4.78, 5) is 22.1. The van der Waals surface area contributed by atoms with Gasteiger partial charge in [0.1, 0.15) is 7.82 Å². The zero-order valence-electron chi connectivity index (χ0n) is 18.6. The van der Waals surface area contributed by atoms with Crippen LogP contribution < -0.4 is 92.4 Å². The Labute approximate surface area is 220 Å². The predicted octanol–water partition coefficient (Wildman–Crippen LogP) is -4.07. The molecule has 0 aliphatic rings. The molecule has 0 radical (unpaired) electrons. The Bertz CT molecular complexity index is 909. The molecule has 0 unspecified atom stereocenters. The number of phenols is 1. The van der Waals surface area contributed by atoms with Crippen LogP contribution >= 0.6 is 7.82 Å². The second-order valence-electron chi connectivity index (χ2n) is 5.37. The minimum Gasteiger partial charge on any atom is -1.00 e. The van der Waals surface area contributed by atoms with Gasteiger partial charge in [0.25, 0.3) is 0 Å². The molecule has 0 saturated heterocycles. The normalized spacial score (nSPS) is 10.6. The second kappa shape index (κ2) is 12.9. The van der Waals surface area contributed by atoms with E-state index >= 15 is 0 Å². The number of phosphoric ester groups is 1. The van der Waals surface area contributed by atoms with Gasteiger partial charge in [-0.3, -0.25) is 0 Å². The molecule has 2 aromatic carbocycles. The van der Waals surface area contributed by atoms with Gasteiger partial charge in [-0.1, -0.05) is 12.2 Å². The summed E-state index contributed by atoms with van der Waals surface area (Å²) in [5.41, 5.74) is 0.752. The van der Waals surface area contributed by atoms with E-state index in [2.05, 4.69) is 4.52 Å². The van der Waals surface area contributed by atoms with Crippen LogP contribution in [0.4, 0.5) is 0 Å². The zero-order valence-corrected chi connectivity index (χ0v) is 22.5. The molecule has 2 aromatic rings. The van der Waals surface area contributed by atoms with Crippen LogP contribution in [0.15, 0.2) is 24.3 Å².